The van der Waals surface area contributed by atoms with E-state index in [0.29, 0.717) is 19.4 Å². The zero-order valence-electron chi connectivity index (χ0n) is 12.7. The lowest BCUT2D eigenvalue weighted by Crippen LogP contribution is -2.65. The summed E-state index contributed by atoms with van der Waals surface area (Å²) in [5.74, 6) is -0.753. The molecule has 0 aromatic heterocycles. The number of ether oxygens (including phenoxy) is 1. The van der Waals surface area contributed by atoms with Gasteiger partial charge < -0.3 is 15.0 Å². The summed E-state index contributed by atoms with van der Waals surface area (Å²) < 4.78 is 5.26. The zero-order chi connectivity index (χ0) is 15.6. The predicted molar refractivity (Wildman–Crippen MR) is 84.8 cm³/mol. The summed E-state index contributed by atoms with van der Waals surface area (Å²) in [6.07, 6.45) is 6.02. The number of anilines is 2. The molecule has 1 N–H and O–H groups in total. The van der Waals surface area contributed by atoms with Gasteiger partial charge in [0.2, 0.25) is 5.54 Å². The maximum absolute atomic E-state index is 12.8. The van der Waals surface area contributed by atoms with Crippen LogP contribution in [-0.2, 0) is 14.3 Å². The van der Waals surface area contributed by atoms with Crippen molar-refractivity contribution in [3.05, 3.63) is 36.4 Å². The molecule has 2 aliphatic rings. The van der Waals surface area contributed by atoms with Gasteiger partial charge in [-0.05, 0) is 38.3 Å². The number of hydrogen-bond donors (Lipinski definition) is 1. The Bertz CT molecular complexity index is 626. The first-order valence-corrected chi connectivity index (χ1v) is 7.70. The molecule has 0 spiro atoms. The average molecular weight is 300 g/mol. The van der Waals surface area contributed by atoms with Gasteiger partial charge in [-0.25, -0.2) is 4.79 Å². The highest BCUT2D eigenvalue weighted by atomic mass is 16.5. The van der Waals surface area contributed by atoms with Crippen molar-refractivity contribution >= 4 is 23.3 Å². The van der Waals surface area contributed by atoms with Gasteiger partial charge in [-0.1, -0.05) is 24.3 Å². The minimum Gasteiger partial charge on any atom is -0.464 e. The molecule has 2 aliphatic heterocycles. The van der Waals surface area contributed by atoms with E-state index >= 15 is 0 Å². The van der Waals surface area contributed by atoms with Crippen molar-refractivity contribution in [1.82, 2.24) is 0 Å². The Kier molecular flexibility index (Phi) is 3.88. The summed E-state index contributed by atoms with van der Waals surface area (Å²) in [4.78, 5) is 27.4. The first-order valence-electron chi connectivity index (χ1n) is 7.70. The smallest absolute Gasteiger partial charge is 0.341 e. The van der Waals surface area contributed by atoms with Gasteiger partial charge in [0.1, 0.15) is 0 Å². The number of benzene rings is 1. The molecule has 116 valence electrons. The van der Waals surface area contributed by atoms with Gasteiger partial charge in [0, 0.05) is 6.54 Å². The fourth-order valence-corrected chi connectivity index (χ4v) is 3.22. The summed E-state index contributed by atoms with van der Waals surface area (Å²) in [7, 11) is 0. The number of fused-ring (bicyclic) bond motifs is 3. The third kappa shape index (κ3) is 2.17. The van der Waals surface area contributed by atoms with Crippen molar-refractivity contribution in [2.24, 2.45) is 0 Å². The minimum atomic E-state index is -1.27. The van der Waals surface area contributed by atoms with Crippen LogP contribution in [0, 0.1) is 0 Å². The highest BCUT2D eigenvalue weighted by molar-refractivity contribution is 6.19. The normalized spacial score (nSPS) is 25.1. The van der Waals surface area contributed by atoms with Crippen LogP contribution in [0.3, 0.4) is 0 Å². The second-order valence-corrected chi connectivity index (χ2v) is 5.50. The van der Waals surface area contributed by atoms with Gasteiger partial charge in [-0.15, -0.1) is 0 Å². The highest BCUT2D eigenvalue weighted by Gasteiger charge is 2.54. The second-order valence-electron chi connectivity index (χ2n) is 5.50. The number of carbonyl (C=O) groups excluding carboxylic acids is 2. The number of para-hydroxylation sites is 2. The monoisotopic (exact) mass is 300 g/mol. The standard InChI is InChI=1S/C17H20N2O3/c1-2-22-16(21)17-11-7-3-4-8-12-19(17)14-10-6-5-9-13(14)18-15(17)20/h3-6,9-10H,2,7-8,11-12H2,1H3,(H,18,20)/b4-3-. The quantitative estimate of drug-likeness (QED) is 0.518. The lowest BCUT2D eigenvalue weighted by atomic mass is 9.85. The van der Waals surface area contributed by atoms with Crippen molar-refractivity contribution in [3.8, 4) is 0 Å². The van der Waals surface area contributed by atoms with Gasteiger partial charge in [-0.3, -0.25) is 4.79 Å². The Hall–Kier alpha value is -2.30. The molecule has 0 saturated heterocycles. The molecule has 1 aromatic carbocycles. The van der Waals surface area contributed by atoms with E-state index in [9.17, 15) is 9.59 Å². The SMILES string of the molecule is CCOC(=O)C12CC/C=C\CCN1c1ccccc1NC2=O. The van der Waals surface area contributed by atoms with Crippen molar-refractivity contribution < 1.29 is 14.3 Å². The van der Waals surface area contributed by atoms with E-state index in [0.717, 1.165) is 17.8 Å². The van der Waals surface area contributed by atoms with Crippen LogP contribution in [0.25, 0.3) is 0 Å². The molecule has 1 amide bonds. The first kappa shape index (κ1) is 14.6. The Morgan fingerprint density at radius 3 is 2.91 bits per heavy atom. The molecule has 5 heteroatoms. The molecule has 0 aliphatic carbocycles. The third-order valence-corrected chi connectivity index (χ3v) is 4.25. The lowest BCUT2D eigenvalue weighted by molar-refractivity contribution is -0.153. The summed E-state index contributed by atoms with van der Waals surface area (Å²) >= 11 is 0. The predicted octanol–water partition coefficient (Wildman–Crippen LogP) is 2.49. The Labute approximate surface area is 129 Å². The van der Waals surface area contributed by atoms with E-state index in [-0.39, 0.29) is 12.5 Å². The molecule has 1 atom stereocenters. The largest absolute Gasteiger partial charge is 0.464 e. The number of nitrogens with one attached hydrogen (secondary N) is 1. The van der Waals surface area contributed by atoms with Crippen LogP contribution in [0.1, 0.15) is 26.2 Å². The number of nitrogens with zero attached hydrogens (tertiary/aromatic N) is 1. The van der Waals surface area contributed by atoms with E-state index in [2.05, 4.69) is 11.4 Å². The van der Waals surface area contributed by atoms with Crippen molar-refractivity contribution in [2.75, 3.05) is 23.4 Å². The van der Waals surface area contributed by atoms with Crippen LogP contribution < -0.4 is 10.2 Å². The van der Waals surface area contributed by atoms with Crippen LogP contribution in [0.5, 0.6) is 0 Å². The van der Waals surface area contributed by atoms with Crippen molar-refractivity contribution in [1.29, 1.82) is 0 Å². The number of allylic oxidation sites excluding steroid dienone is 1. The van der Waals surface area contributed by atoms with E-state index in [4.69, 9.17) is 4.74 Å². The Morgan fingerprint density at radius 2 is 2.09 bits per heavy atom. The molecular weight excluding hydrogens is 280 g/mol. The lowest BCUT2D eigenvalue weighted by Gasteiger charge is -2.46. The van der Waals surface area contributed by atoms with E-state index in [1.807, 2.05) is 35.2 Å². The molecule has 0 bridgehead atoms. The number of carbonyl (C=O) groups is 2. The molecule has 22 heavy (non-hydrogen) atoms. The van der Waals surface area contributed by atoms with Gasteiger partial charge in [-0.2, -0.15) is 0 Å². The number of rotatable bonds is 2. The summed E-state index contributed by atoms with van der Waals surface area (Å²) in [5, 5.41) is 2.88. The van der Waals surface area contributed by atoms with Crippen LogP contribution in [-0.4, -0.2) is 30.6 Å². The topological polar surface area (TPSA) is 58.6 Å². The molecule has 0 fully saturated rings. The van der Waals surface area contributed by atoms with E-state index < -0.39 is 11.5 Å². The molecule has 1 aromatic rings. The molecule has 0 radical (unpaired) electrons. The van der Waals surface area contributed by atoms with Crippen LogP contribution in [0.2, 0.25) is 0 Å². The van der Waals surface area contributed by atoms with Gasteiger partial charge in [0.05, 0.1) is 18.0 Å². The summed E-state index contributed by atoms with van der Waals surface area (Å²) in [5.41, 5.74) is 0.359. The Morgan fingerprint density at radius 1 is 1.32 bits per heavy atom. The third-order valence-electron chi connectivity index (χ3n) is 4.25. The van der Waals surface area contributed by atoms with Crippen LogP contribution in [0.4, 0.5) is 11.4 Å². The van der Waals surface area contributed by atoms with Gasteiger partial charge >= 0.3 is 5.97 Å². The molecular formula is C17H20N2O3. The summed E-state index contributed by atoms with van der Waals surface area (Å²) in [6.45, 7) is 2.63. The van der Waals surface area contributed by atoms with Crippen molar-refractivity contribution in [3.63, 3.8) is 0 Å². The first-order chi connectivity index (χ1) is 10.7. The maximum atomic E-state index is 12.8. The zero-order valence-corrected chi connectivity index (χ0v) is 12.7. The van der Waals surface area contributed by atoms with Gasteiger partial charge in [0.15, 0.2) is 0 Å². The van der Waals surface area contributed by atoms with Gasteiger partial charge in [0.25, 0.3) is 5.91 Å². The van der Waals surface area contributed by atoms with Crippen molar-refractivity contribution in [2.45, 2.75) is 31.7 Å². The fraction of sp³-hybridized carbons (Fsp3) is 0.412. The minimum absolute atomic E-state index is 0.263. The highest BCUT2D eigenvalue weighted by Crippen LogP contribution is 2.40. The second kappa shape index (κ2) is 5.83. The average Bonchev–Trinajstić information content (AvgIpc) is 2.48. The number of hydrogen-bond acceptors (Lipinski definition) is 4. The molecule has 5 nitrogen and oxygen atoms in total. The molecule has 0 saturated carbocycles. The number of esters is 1. The van der Waals surface area contributed by atoms with E-state index in [1.54, 1.807) is 6.92 Å². The fourth-order valence-electron chi connectivity index (χ4n) is 3.22. The molecule has 2 heterocycles. The number of amides is 1. The molecule has 1 unspecified atom stereocenters. The van der Waals surface area contributed by atoms with E-state index in [1.165, 1.54) is 0 Å². The Balaban J connectivity index is 2.13. The summed E-state index contributed by atoms with van der Waals surface area (Å²) in [6, 6.07) is 7.59. The van der Waals surface area contributed by atoms with Crippen LogP contribution in [0.15, 0.2) is 36.4 Å². The van der Waals surface area contributed by atoms with Crippen LogP contribution >= 0.6 is 0 Å². The maximum Gasteiger partial charge on any atom is 0.341 e. The molecule has 3 rings (SSSR count).